The third-order valence-electron chi connectivity index (χ3n) is 3.14. The molecule has 0 bridgehead atoms. The fourth-order valence-electron chi connectivity index (χ4n) is 2.35. The first-order chi connectivity index (χ1) is 8.70. The minimum absolute atomic E-state index is 0.346. The molecule has 4 heteroatoms. The number of nitrogens with zero attached hydrogens (tertiary/aromatic N) is 2. The lowest BCUT2D eigenvalue weighted by Crippen LogP contribution is -1.97. The number of benzene rings is 1. The van der Waals surface area contributed by atoms with Crippen molar-refractivity contribution in [2.75, 3.05) is 5.73 Å². The molecule has 0 radical (unpaired) electrons. The number of aromatic nitrogens is 2. The van der Waals surface area contributed by atoms with Crippen LogP contribution in [0, 0.1) is 6.92 Å². The lowest BCUT2D eigenvalue weighted by Gasteiger charge is -2.05. The van der Waals surface area contributed by atoms with Gasteiger partial charge in [0.05, 0.1) is 0 Å². The molecule has 1 heterocycles. The largest absolute Gasteiger partial charge is 0.368 e. The van der Waals surface area contributed by atoms with Crippen LogP contribution in [-0.2, 0) is 12.8 Å². The summed E-state index contributed by atoms with van der Waals surface area (Å²) in [5.74, 6) is 0.346. The molecule has 1 aliphatic carbocycles. The van der Waals surface area contributed by atoms with Gasteiger partial charge in [-0.05, 0) is 55.5 Å². The van der Waals surface area contributed by atoms with Crippen LogP contribution in [0.15, 0.2) is 34.2 Å². The number of fused-ring (bicyclic) bond motifs is 1. The zero-order valence-corrected chi connectivity index (χ0v) is 11.1. The van der Waals surface area contributed by atoms with Gasteiger partial charge in [-0.3, -0.25) is 0 Å². The smallest absolute Gasteiger partial charge is 0.221 e. The Labute approximate surface area is 111 Å². The second-order valence-electron chi connectivity index (χ2n) is 4.59. The van der Waals surface area contributed by atoms with Crippen LogP contribution in [0.5, 0.6) is 0 Å². The van der Waals surface area contributed by atoms with Crippen LogP contribution < -0.4 is 5.73 Å². The third kappa shape index (κ3) is 2.34. The summed E-state index contributed by atoms with van der Waals surface area (Å²) >= 11 is 1.65. The monoisotopic (exact) mass is 257 g/mol. The Hall–Kier alpha value is -1.55. The van der Waals surface area contributed by atoms with Crippen LogP contribution in [0.25, 0.3) is 0 Å². The molecule has 92 valence electrons. The Morgan fingerprint density at radius 3 is 2.78 bits per heavy atom. The number of hydrogen-bond acceptors (Lipinski definition) is 4. The molecule has 0 amide bonds. The summed E-state index contributed by atoms with van der Waals surface area (Å²) in [7, 11) is 0. The van der Waals surface area contributed by atoms with Gasteiger partial charge in [0.15, 0.2) is 0 Å². The van der Waals surface area contributed by atoms with Crippen molar-refractivity contribution in [3.63, 3.8) is 0 Å². The van der Waals surface area contributed by atoms with E-state index in [2.05, 4.69) is 28.2 Å². The van der Waals surface area contributed by atoms with Gasteiger partial charge < -0.3 is 5.73 Å². The number of hydrogen-bond donors (Lipinski definition) is 1. The topological polar surface area (TPSA) is 51.8 Å². The molecule has 2 N–H and O–H groups in total. The Kier molecular flexibility index (Phi) is 2.96. The van der Waals surface area contributed by atoms with Crippen LogP contribution in [0.2, 0.25) is 0 Å². The van der Waals surface area contributed by atoms with Crippen molar-refractivity contribution in [2.45, 2.75) is 36.1 Å². The molecule has 0 unspecified atom stereocenters. The summed E-state index contributed by atoms with van der Waals surface area (Å²) in [6.07, 6.45) is 3.71. The van der Waals surface area contributed by atoms with E-state index in [9.17, 15) is 0 Å². The highest BCUT2D eigenvalue weighted by atomic mass is 32.2. The van der Waals surface area contributed by atoms with E-state index in [4.69, 9.17) is 5.73 Å². The molecule has 1 aromatic carbocycles. The normalized spacial score (nSPS) is 13.6. The standard InChI is InChI=1S/C14H15N3S/c1-9-7-13(17-14(15)16-9)18-12-6-5-10-3-2-4-11(10)8-12/h5-8H,2-4H2,1H3,(H2,15,16,17). The molecule has 0 fully saturated rings. The van der Waals surface area contributed by atoms with Crippen molar-refractivity contribution in [3.8, 4) is 0 Å². The van der Waals surface area contributed by atoms with Gasteiger partial charge in [0, 0.05) is 10.6 Å². The predicted octanol–water partition coefficient (Wildman–Crippen LogP) is 3.01. The molecule has 2 aromatic rings. The molecule has 1 aliphatic rings. The fraction of sp³-hybridized carbons (Fsp3) is 0.286. The zero-order chi connectivity index (χ0) is 12.5. The van der Waals surface area contributed by atoms with Gasteiger partial charge in [-0.1, -0.05) is 17.8 Å². The van der Waals surface area contributed by atoms with Gasteiger partial charge in [0.2, 0.25) is 5.95 Å². The molecule has 0 saturated carbocycles. The first-order valence-electron chi connectivity index (χ1n) is 6.11. The van der Waals surface area contributed by atoms with Crippen molar-refractivity contribution >= 4 is 17.7 Å². The molecular formula is C14H15N3S. The highest BCUT2D eigenvalue weighted by Crippen LogP contribution is 2.31. The van der Waals surface area contributed by atoms with Gasteiger partial charge in [0.25, 0.3) is 0 Å². The van der Waals surface area contributed by atoms with Gasteiger partial charge in [-0.2, -0.15) is 0 Å². The highest BCUT2D eigenvalue weighted by molar-refractivity contribution is 7.99. The molecule has 0 spiro atoms. The van der Waals surface area contributed by atoms with Crippen LogP contribution in [0.3, 0.4) is 0 Å². The number of nitrogens with two attached hydrogens (primary N) is 1. The van der Waals surface area contributed by atoms with Gasteiger partial charge in [-0.15, -0.1) is 0 Å². The first-order valence-corrected chi connectivity index (χ1v) is 6.93. The van der Waals surface area contributed by atoms with Crippen molar-refractivity contribution in [3.05, 3.63) is 41.1 Å². The number of nitrogen functional groups attached to an aromatic ring is 1. The maximum atomic E-state index is 5.67. The minimum atomic E-state index is 0.346. The van der Waals surface area contributed by atoms with E-state index in [1.165, 1.54) is 35.3 Å². The number of anilines is 1. The third-order valence-corrected chi connectivity index (χ3v) is 4.05. The Bertz CT molecular complexity index is 575. The van der Waals surface area contributed by atoms with E-state index in [1.807, 2.05) is 13.0 Å². The van der Waals surface area contributed by atoms with Crippen molar-refractivity contribution in [1.29, 1.82) is 0 Å². The van der Waals surface area contributed by atoms with E-state index in [-0.39, 0.29) is 0 Å². The van der Waals surface area contributed by atoms with E-state index in [0.29, 0.717) is 5.95 Å². The maximum Gasteiger partial charge on any atom is 0.221 e. The minimum Gasteiger partial charge on any atom is -0.368 e. The Morgan fingerprint density at radius 2 is 1.94 bits per heavy atom. The predicted molar refractivity (Wildman–Crippen MR) is 73.8 cm³/mol. The van der Waals surface area contributed by atoms with E-state index >= 15 is 0 Å². The van der Waals surface area contributed by atoms with Gasteiger partial charge in [-0.25, -0.2) is 9.97 Å². The number of aryl methyl sites for hydroxylation is 3. The van der Waals surface area contributed by atoms with Crippen LogP contribution in [0.1, 0.15) is 23.2 Å². The fourth-order valence-corrected chi connectivity index (χ4v) is 3.29. The summed E-state index contributed by atoms with van der Waals surface area (Å²) in [5.41, 5.74) is 9.56. The van der Waals surface area contributed by atoms with Gasteiger partial charge in [0.1, 0.15) is 5.03 Å². The molecular weight excluding hydrogens is 242 g/mol. The molecule has 18 heavy (non-hydrogen) atoms. The SMILES string of the molecule is Cc1cc(Sc2ccc3c(c2)CCC3)nc(N)n1. The van der Waals surface area contributed by atoms with E-state index in [1.54, 1.807) is 11.8 Å². The summed E-state index contributed by atoms with van der Waals surface area (Å²) in [6, 6.07) is 8.65. The van der Waals surface area contributed by atoms with Crippen molar-refractivity contribution < 1.29 is 0 Å². The maximum absolute atomic E-state index is 5.67. The lowest BCUT2D eigenvalue weighted by atomic mass is 10.1. The lowest BCUT2D eigenvalue weighted by molar-refractivity contribution is 0.911. The highest BCUT2D eigenvalue weighted by Gasteiger charge is 2.11. The second-order valence-corrected chi connectivity index (χ2v) is 5.69. The van der Waals surface area contributed by atoms with Crippen molar-refractivity contribution in [1.82, 2.24) is 9.97 Å². The average Bonchev–Trinajstić information content (AvgIpc) is 2.74. The van der Waals surface area contributed by atoms with E-state index in [0.717, 1.165) is 10.7 Å². The average molecular weight is 257 g/mol. The molecule has 0 atom stereocenters. The van der Waals surface area contributed by atoms with Crippen LogP contribution in [0.4, 0.5) is 5.95 Å². The summed E-state index contributed by atoms with van der Waals surface area (Å²) < 4.78 is 0. The van der Waals surface area contributed by atoms with Gasteiger partial charge >= 0.3 is 0 Å². The first kappa shape index (κ1) is 11.5. The summed E-state index contributed by atoms with van der Waals surface area (Å²) in [5, 5.41) is 0.915. The van der Waals surface area contributed by atoms with E-state index < -0.39 is 0 Å². The second kappa shape index (κ2) is 4.61. The van der Waals surface area contributed by atoms with Crippen LogP contribution >= 0.6 is 11.8 Å². The summed E-state index contributed by atoms with van der Waals surface area (Å²) in [6.45, 7) is 1.94. The molecule has 1 aromatic heterocycles. The van der Waals surface area contributed by atoms with Crippen LogP contribution in [-0.4, -0.2) is 9.97 Å². The Balaban J connectivity index is 1.88. The van der Waals surface area contributed by atoms with Crippen molar-refractivity contribution in [2.24, 2.45) is 0 Å². The molecule has 3 rings (SSSR count). The Morgan fingerprint density at radius 1 is 1.11 bits per heavy atom. The molecule has 3 nitrogen and oxygen atoms in total. The molecule has 0 saturated heterocycles. The summed E-state index contributed by atoms with van der Waals surface area (Å²) in [4.78, 5) is 9.57. The zero-order valence-electron chi connectivity index (χ0n) is 10.3. The quantitative estimate of drug-likeness (QED) is 0.840. The molecule has 0 aliphatic heterocycles. The number of rotatable bonds is 2.